The van der Waals surface area contributed by atoms with Crippen LogP contribution in [0.1, 0.15) is 36.5 Å². The van der Waals surface area contributed by atoms with Gasteiger partial charge in [0.2, 0.25) is 0 Å². The van der Waals surface area contributed by atoms with Crippen molar-refractivity contribution in [3.05, 3.63) is 17.5 Å². The molecule has 0 aliphatic carbocycles. The Bertz CT molecular complexity index is 427. The van der Waals surface area contributed by atoms with Crippen LogP contribution in [-0.2, 0) is 6.54 Å². The topological polar surface area (TPSA) is 59.0 Å². The molecule has 1 saturated heterocycles. The van der Waals surface area contributed by atoms with Gasteiger partial charge in [0, 0.05) is 19.1 Å². The van der Waals surface area contributed by atoms with Crippen LogP contribution in [0.3, 0.4) is 0 Å². The number of aromatic nitrogens is 2. The first-order chi connectivity index (χ1) is 8.60. The van der Waals surface area contributed by atoms with Gasteiger partial charge < -0.3 is 10.6 Å². The molecular formula is C13H22N4O. The van der Waals surface area contributed by atoms with Crippen LogP contribution < -0.4 is 10.6 Å². The number of aryl methyl sites for hydroxylation is 2. The zero-order valence-corrected chi connectivity index (χ0v) is 11.4. The number of hydrogen-bond donors (Lipinski definition) is 2. The summed E-state index contributed by atoms with van der Waals surface area (Å²) >= 11 is 0. The second-order valence-corrected chi connectivity index (χ2v) is 5.16. The Morgan fingerprint density at radius 3 is 3.06 bits per heavy atom. The van der Waals surface area contributed by atoms with Crippen molar-refractivity contribution in [3.63, 3.8) is 0 Å². The van der Waals surface area contributed by atoms with Gasteiger partial charge in [0.05, 0.1) is 5.69 Å². The van der Waals surface area contributed by atoms with Gasteiger partial charge in [0.15, 0.2) is 0 Å². The number of piperidine rings is 1. The van der Waals surface area contributed by atoms with Crippen LogP contribution in [0.4, 0.5) is 0 Å². The molecule has 2 unspecified atom stereocenters. The van der Waals surface area contributed by atoms with E-state index in [9.17, 15) is 4.79 Å². The van der Waals surface area contributed by atoms with E-state index >= 15 is 0 Å². The number of rotatable bonds is 3. The van der Waals surface area contributed by atoms with Gasteiger partial charge in [-0.15, -0.1) is 0 Å². The number of carbonyl (C=O) groups excluding carboxylic acids is 1. The quantitative estimate of drug-likeness (QED) is 0.839. The van der Waals surface area contributed by atoms with E-state index in [-0.39, 0.29) is 11.9 Å². The molecule has 2 atom stereocenters. The fourth-order valence-electron chi connectivity index (χ4n) is 2.49. The lowest BCUT2D eigenvalue weighted by atomic mass is 9.97. The maximum Gasteiger partial charge on any atom is 0.269 e. The molecular weight excluding hydrogens is 228 g/mol. The first-order valence-electron chi connectivity index (χ1n) is 6.66. The van der Waals surface area contributed by atoms with Crippen molar-refractivity contribution in [1.29, 1.82) is 0 Å². The molecule has 5 heteroatoms. The van der Waals surface area contributed by atoms with E-state index in [4.69, 9.17) is 0 Å². The van der Waals surface area contributed by atoms with Crippen LogP contribution in [0.15, 0.2) is 6.07 Å². The zero-order valence-electron chi connectivity index (χ0n) is 11.4. The first-order valence-corrected chi connectivity index (χ1v) is 6.66. The van der Waals surface area contributed by atoms with E-state index in [0.717, 1.165) is 31.7 Å². The molecule has 100 valence electrons. The Morgan fingerprint density at radius 1 is 1.61 bits per heavy atom. The van der Waals surface area contributed by atoms with Gasteiger partial charge in [0.1, 0.15) is 5.69 Å². The van der Waals surface area contributed by atoms with E-state index in [1.165, 1.54) is 0 Å². The van der Waals surface area contributed by atoms with Gasteiger partial charge in [-0.25, -0.2) is 0 Å². The molecule has 2 rings (SSSR count). The highest BCUT2D eigenvalue weighted by Gasteiger charge is 2.22. The number of hydrogen-bond acceptors (Lipinski definition) is 3. The Morgan fingerprint density at radius 2 is 2.39 bits per heavy atom. The molecule has 2 N–H and O–H groups in total. The van der Waals surface area contributed by atoms with E-state index in [2.05, 4.69) is 22.7 Å². The van der Waals surface area contributed by atoms with Crippen molar-refractivity contribution < 1.29 is 4.79 Å². The Hall–Kier alpha value is -1.36. The molecule has 1 aliphatic heterocycles. The van der Waals surface area contributed by atoms with Gasteiger partial charge in [-0.2, -0.15) is 5.10 Å². The largest absolute Gasteiger partial charge is 0.347 e. The Balaban J connectivity index is 2.02. The van der Waals surface area contributed by atoms with Crippen molar-refractivity contribution >= 4 is 5.91 Å². The second kappa shape index (κ2) is 5.52. The maximum absolute atomic E-state index is 12.2. The van der Waals surface area contributed by atoms with Gasteiger partial charge in [-0.3, -0.25) is 9.48 Å². The lowest BCUT2D eigenvalue weighted by molar-refractivity contribution is 0.0914. The average molecular weight is 250 g/mol. The SMILES string of the molecule is CCn1nc(C)cc1C(=O)NC1CNCC(C)C1. The van der Waals surface area contributed by atoms with Crippen LogP contribution in [0.5, 0.6) is 0 Å². The van der Waals surface area contributed by atoms with Crippen molar-refractivity contribution in [2.24, 2.45) is 5.92 Å². The first kappa shape index (κ1) is 13.1. The summed E-state index contributed by atoms with van der Waals surface area (Å²) in [6.45, 7) is 8.72. The maximum atomic E-state index is 12.2. The predicted molar refractivity (Wildman–Crippen MR) is 70.5 cm³/mol. The zero-order chi connectivity index (χ0) is 13.1. The van der Waals surface area contributed by atoms with E-state index in [0.29, 0.717) is 11.6 Å². The molecule has 2 heterocycles. The average Bonchev–Trinajstić information content (AvgIpc) is 2.70. The van der Waals surface area contributed by atoms with Gasteiger partial charge in [0.25, 0.3) is 5.91 Å². The molecule has 1 amide bonds. The number of amides is 1. The molecule has 0 aromatic carbocycles. The van der Waals surface area contributed by atoms with E-state index in [1.54, 1.807) is 4.68 Å². The normalized spacial score (nSPS) is 23.9. The number of nitrogens with one attached hydrogen (secondary N) is 2. The molecule has 0 saturated carbocycles. The number of carbonyl (C=O) groups is 1. The molecule has 1 fully saturated rings. The smallest absolute Gasteiger partial charge is 0.269 e. The second-order valence-electron chi connectivity index (χ2n) is 5.16. The molecule has 0 radical (unpaired) electrons. The summed E-state index contributed by atoms with van der Waals surface area (Å²) in [6.07, 6.45) is 1.04. The fraction of sp³-hybridized carbons (Fsp3) is 0.692. The molecule has 1 aliphatic rings. The lowest BCUT2D eigenvalue weighted by Gasteiger charge is -2.28. The molecule has 1 aromatic heterocycles. The summed E-state index contributed by atoms with van der Waals surface area (Å²) in [5.74, 6) is 0.597. The summed E-state index contributed by atoms with van der Waals surface area (Å²) < 4.78 is 1.75. The van der Waals surface area contributed by atoms with Crippen LogP contribution >= 0.6 is 0 Å². The van der Waals surface area contributed by atoms with E-state index in [1.807, 2.05) is 19.9 Å². The molecule has 0 bridgehead atoms. The summed E-state index contributed by atoms with van der Waals surface area (Å²) in [7, 11) is 0. The summed E-state index contributed by atoms with van der Waals surface area (Å²) in [5, 5.41) is 10.7. The molecule has 18 heavy (non-hydrogen) atoms. The summed E-state index contributed by atoms with van der Waals surface area (Å²) in [6, 6.07) is 2.07. The van der Waals surface area contributed by atoms with Gasteiger partial charge in [-0.1, -0.05) is 6.92 Å². The van der Waals surface area contributed by atoms with Crippen LogP contribution in [0, 0.1) is 12.8 Å². The summed E-state index contributed by atoms with van der Waals surface area (Å²) in [4.78, 5) is 12.2. The number of nitrogens with zero attached hydrogens (tertiary/aromatic N) is 2. The Kier molecular flexibility index (Phi) is 4.01. The van der Waals surface area contributed by atoms with Crippen LogP contribution in [-0.4, -0.2) is 34.8 Å². The third-order valence-electron chi connectivity index (χ3n) is 3.34. The van der Waals surface area contributed by atoms with Gasteiger partial charge >= 0.3 is 0 Å². The molecule has 1 aromatic rings. The molecule has 5 nitrogen and oxygen atoms in total. The predicted octanol–water partition coefficient (Wildman–Crippen LogP) is 0.939. The minimum absolute atomic E-state index is 0.0154. The highest BCUT2D eigenvalue weighted by molar-refractivity contribution is 5.92. The van der Waals surface area contributed by atoms with Crippen LogP contribution in [0.2, 0.25) is 0 Å². The lowest BCUT2D eigenvalue weighted by Crippen LogP contribution is -2.48. The van der Waals surface area contributed by atoms with Gasteiger partial charge in [-0.05, 0) is 38.8 Å². The highest BCUT2D eigenvalue weighted by Crippen LogP contribution is 2.11. The standard InChI is InChI=1S/C13H22N4O/c1-4-17-12(6-10(3)16-17)13(18)15-11-5-9(2)7-14-8-11/h6,9,11,14H,4-5,7-8H2,1-3H3,(H,15,18). The molecule has 0 spiro atoms. The third-order valence-corrected chi connectivity index (χ3v) is 3.34. The monoisotopic (exact) mass is 250 g/mol. The highest BCUT2D eigenvalue weighted by atomic mass is 16.2. The van der Waals surface area contributed by atoms with Crippen molar-refractivity contribution in [2.75, 3.05) is 13.1 Å². The Labute approximate surface area is 108 Å². The van der Waals surface area contributed by atoms with E-state index < -0.39 is 0 Å². The summed E-state index contributed by atoms with van der Waals surface area (Å²) in [5.41, 5.74) is 1.55. The van der Waals surface area contributed by atoms with Crippen molar-refractivity contribution in [1.82, 2.24) is 20.4 Å². The fourth-order valence-corrected chi connectivity index (χ4v) is 2.49. The minimum Gasteiger partial charge on any atom is -0.347 e. The van der Waals surface area contributed by atoms with Crippen molar-refractivity contribution in [2.45, 2.75) is 39.8 Å². The minimum atomic E-state index is -0.0154. The van der Waals surface area contributed by atoms with Crippen LogP contribution in [0.25, 0.3) is 0 Å². The van der Waals surface area contributed by atoms with Crippen molar-refractivity contribution in [3.8, 4) is 0 Å². The third kappa shape index (κ3) is 2.90.